The van der Waals surface area contributed by atoms with E-state index in [-0.39, 0.29) is 0 Å². The van der Waals surface area contributed by atoms with Crippen LogP contribution in [0.3, 0.4) is 0 Å². The lowest BCUT2D eigenvalue weighted by molar-refractivity contribution is -0.000855. The molecule has 4 nitrogen and oxygen atoms in total. The first kappa shape index (κ1) is 6.84. The molecule has 0 amide bonds. The predicted molar refractivity (Wildman–Crippen MR) is 27.0 cm³/mol. The highest BCUT2D eigenvalue weighted by Gasteiger charge is 1.97. The maximum absolute atomic E-state index is 8.46. The van der Waals surface area contributed by atoms with Crippen LogP contribution in [0.15, 0.2) is 0 Å². The number of nitrogens with zero attached hydrogens (tertiary/aromatic N) is 1. The Balaban J connectivity index is 3.14. The Labute approximate surface area is 42.9 Å². The highest BCUT2D eigenvalue weighted by molar-refractivity contribution is 4.33. The Bertz CT molecular complexity index is 47.4. The van der Waals surface area contributed by atoms with Gasteiger partial charge in [0.05, 0.1) is 0 Å². The smallest absolute Gasteiger partial charge is 0.172 e. The number of nitrogens with two attached hydrogens (primary N) is 1. The molecule has 0 aromatic carbocycles. The molecule has 0 aliphatic heterocycles. The SMILES string of the molecule is CNN(C)C(N)O. The summed E-state index contributed by atoms with van der Waals surface area (Å²) in [6.07, 6.45) is -0.912. The summed E-state index contributed by atoms with van der Waals surface area (Å²) < 4.78 is 0. The normalized spacial score (nSPS) is 15.0. The summed E-state index contributed by atoms with van der Waals surface area (Å²) in [6.45, 7) is 0. The number of aliphatic hydroxyl groups is 1. The zero-order valence-corrected chi connectivity index (χ0v) is 4.55. The Morgan fingerprint density at radius 2 is 2.29 bits per heavy atom. The van der Waals surface area contributed by atoms with Crippen LogP contribution in [0.1, 0.15) is 0 Å². The molecule has 7 heavy (non-hydrogen) atoms. The Hall–Kier alpha value is -0.160. The minimum Gasteiger partial charge on any atom is -0.364 e. The molecule has 0 saturated carbocycles. The van der Waals surface area contributed by atoms with Gasteiger partial charge in [-0.15, -0.1) is 0 Å². The molecule has 0 fully saturated rings. The van der Waals surface area contributed by atoms with Crippen molar-refractivity contribution in [1.29, 1.82) is 0 Å². The fourth-order valence-electron chi connectivity index (χ4n) is 0.132. The average molecular weight is 105 g/mol. The van der Waals surface area contributed by atoms with E-state index in [9.17, 15) is 0 Å². The van der Waals surface area contributed by atoms with E-state index in [2.05, 4.69) is 5.43 Å². The average Bonchev–Trinajstić information content (AvgIpc) is 1.65. The fraction of sp³-hybridized carbons (Fsp3) is 1.00. The highest BCUT2D eigenvalue weighted by Crippen LogP contribution is 1.70. The summed E-state index contributed by atoms with van der Waals surface area (Å²) in [5.74, 6) is 0. The molecule has 1 unspecified atom stereocenters. The van der Waals surface area contributed by atoms with E-state index in [0.29, 0.717) is 0 Å². The first-order valence-corrected chi connectivity index (χ1v) is 2.02. The first-order chi connectivity index (χ1) is 3.18. The number of rotatable bonds is 2. The number of hydrogen-bond acceptors (Lipinski definition) is 4. The lowest BCUT2D eigenvalue weighted by Gasteiger charge is -2.16. The summed E-state index contributed by atoms with van der Waals surface area (Å²) in [5.41, 5.74) is 7.59. The van der Waals surface area contributed by atoms with Crippen LogP contribution in [-0.2, 0) is 0 Å². The van der Waals surface area contributed by atoms with Crippen LogP contribution in [0, 0.1) is 0 Å². The molecule has 4 N–H and O–H groups in total. The highest BCUT2D eigenvalue weighted by atomic mass is 16.3. The molecule has 4 heteroatoms. The van der Waals surface area contributed by atoms with Gasteiger partial charge in [0.1, 0.15) is 0 Å². The van der Waals surface area contributed by atoms with Gasteiger partial charge in [0.2, 0.25) is 0 Å². The van der Waals surface area contributed by atoms with E-state index in [1.54, 1.807) is 14.1 Å². The van der Waals surface area contributed by atoms with Crippen molar-refractivity contribution in [3.8, 4) is 0 Å². The number of aliphatic hydroxyl groups excluding tert-OH is 1. The van der Waals surface area contributed by atoms with Gasteiger partial charge < -0.3 is 5.11 Å². The van der Waals surface area contributed by atoms with Gasteiger partial charge in [-0.3, -0.25) is 11.2 Å². The third-order valence-corrected chi connectivity index (χ3v) is 0.750. The van der Waals surface area contributed by atoms with Crippen LogP contribution >= 0.6 is 0 Å². The maximum atomic E-state index is 8.46. The lowest BCUT2D eigenvalue weighted by Crippen LogP contribution is -2.45. The van der Waals surface area contributed by atoms with E-state index in [4.69, 9.17) is 10.8 Å². The summed E-state index contributed by atoms with van der Waals surface area (Å²) in [4.78, 5) is 0. The van der Waals surface area contributed by atoms with Gasteiger partial charge in [0.15, 0.2) is 6.35 Å². The zero-order chi connectivity index (χ0) is 5.86. The van der Waals surface area contributed by atoms with Gasteiger partial charge in [0, 0.05) is 7.05 Å². The zero-order valence-electron chi connectivity index (χ0n) is 4.55. The van der Waals surface area contributed by atoms with Crippen molar-refractivity contribution in [2.75, 3.05) is 14.1 Å². The fourth-order valence-corrected chi connectivity index (χ4v) is 0.132. The van der Waals surface area contributed by atoms with Crippen molar-refractivity contribution in [1.82, 2.24) is 10.4 Å². The minimum atomic E-state index is -0.912. The molecule has 44 valence electrons. The molecule has 0 aliphatic carbocycles. The van der Waals surface area contributed by atoms with Crippen molar-refractivity contribution >= 4 is 0 Å². The van der Waals surface area contributed by atoms with Crippen LogP contribution in [0.2, 0.25) is 0 Å². The Morgan fingerprint density at radius 3 is 2.29 bits per heavy atom. The van der Waals surface area contributed by atoms with Crippen LogP contribution in [0.25, 0.3) is 0 Å². The van der Waals surface area contributed by atoms with E-state index < -0.39 is 6.35 Å². The monoisotopic (exact) mass is 105 g/mol. The molecule has 0 heterocycles. The van der Waals surface area contributed by atoms with E-state index in [0.717, 1.165) is 0 Å². The van der Waals surface area contributed by atoms with Gasteiger partial charge in [-0.2, -0.15) is 0 Å². The summed E-state index contributed by atoms with van der Waals surface area (Å²) in [5, 5.41) is 9.84. The van der Waals surface area contributed by atoms with Crippen molar-refractivity contribution in [2.24, 2.45) is 5.73 Å². The predicted octanol–water partition coefficient (Wildman–Crippen LogP) is -1.71. The minimum absolute atomic E-state index is 0.912. The second-order valence-electron chi connectivity index (χ2n) is 1.25. The molecule has 0 bridgehead atoms. The second-order valence-corrected chi connectivity index (χ2v) is 1.25. The molecule has 0 aliphatic rings. The topological polar surface area (TPSA) is 61.5 Å². The first-order valence-electron chi connectivity index (χ1n) is 2.02. The molecular formula is C3H11N3O. The molecular weight excluding hydrogens is 94.1 g/mol. The van der Waals surface area contributed by atoms with Crippen LogP contribution < -0.4 is 11.2 Å². The van der Waals surface area contributed by atoms with E-state index in [1.807, 2.05) is 0 Å². The largest absolute Gasteiger partial charge is 0.364 e. The quantitative estimate of drug-likeness (QED) is 0.289. The van der Waals surface area contributed by atoms with Crippen molar-refractivity contribution < 1.29 is 5.11 Å². The van der Waals surface area contributed by atoms with E-state index in [1.165, 1.54) is 5.01 Å². The molecule has 1 atom stereocenters. The molecule has 0 aromatic rings. The van der Waals surface area contributed by atoms with E-state index >= 15 is 0 Å². The summed E-state index contributed by atoms with van der Waals surface area (Å²) in [7, 11) is 3.32. The third-order valence-electron chi connectivity index (χ3n) is 0.750. The van der Waals surface area contributed by atoms with Crippen LogP contribution in [0.5, 0.6) is 0 Å². The van der Waals surface area contributed by atoms with Crippen LogP contribution in [0.4, 0.5) is 0 Å². The lowest BCUT2D eigenvalue weighted by atomic mass is 10.9. The molecule has 0 spiro atoms. The molecule has 0 radical (unpaired) electrons. The molecule has 0 saturated heterocycles. The Morgan fingerprint density at radius 1 is 1.86 bits per heavy atom. The Kier molecular flexibility index (Phi) is 2.86. The van der Waals surface area contributed by atoms with Gasteiger partial charge in [-0.1, -0.05) is 0 Å². The number of nitrogens with one attached hydrogen (secondary N) is 1. The summed E-state index contributed by atoms with van der Waals surface area (Å²) in [6, 6.07) is 0. The number of hydrazine groups is 1. The molecule has 0 aromatic heterocycles. The van der Waals surface area contributed by atoms with Gasteiger partial charge in [-0.25, -0.2) is 5.01 Å². The summed E-state index contributed by atoms with van der Waals surface area (Å²) >= 11 is 0. The molecule has 0 rings (SSSR count). The van der Waals surface area contributed by atoms with Gasteiger partial charge in [0.25, 0.3) is 0 Å². The standard InChI is InChI=1S/C3H11N3O/c1-5-6(2)3(4)7/h3,5,7H,4H2,1-2H3. The second kappa shape index (κ2) is 2.92. The van der Waals surface area contributed by atoms with Crippen molar-refractivity contribution in [3.05, 3.63) is 0 Å². The van der Waals surface area contributed by atoms with Crippen molar-refractivity contribution in [3.63, 3.8) is 0 Å². The third kappa shape index (κ3) is 2.52. The van der Waals surface area contributed by atoms with Gasteiger partial charge >= 0.3 is 0 Å². The van der Waals surface area contributed by atoms with Gasteiger partial charge in [-0.05, 0) is 7.05 Å². The van der Waals surface area contributed by atoms with Crippen LogP contribution in [-0.4, -0.2) is 30.6 Å². The maximum Gasteiger partial charge on any atom is 0.172 e. The van der Waals surface area contributed by atoms with Crippen molar-refractivity contribution in [2.45, 2.75) is 6.35 Å². The number of hydrogen-bond donors (Lipinski definition) is 3.